The molecule has 2 aliphatic heterocycles. The van der Waals surface area contributed by atoms with Crippen LogP contribution in [0.3, 0.4) is 0 Å². The first-order valence-corrected chi connectivity index (χ1v) is 12.8. The summed E-state index contributed by atoms with van der Waals surface area (Å²) in [5.74, 6) is 2.54. The summed E-state index contributed by atoms with van der Waals surface area (Å²) in [6.45, 7) is 4.26. The number of carbonyl (C=O) groups is 1. The highest BCUT2D eigenvalue weighted by atomic mass is 32.2. The van der Waals surface area contributed by atoms with Gasteiger partial charge in [-0.3, -0.25) is 0 Å². The van der Waals surface area contributed by atoms with E-state index in [1.165, 1.54) is 5.56 Å². The van der Waals surface area contributed by atoms with Crippen LogP contribution < -0.4 is 4.90 Å². The van der Waals surface area contributed by atoms with Crippen molar-refractivity contribution in [1.29, 1.82) is 0 Å². The van der Waals surface area contributed by atoms with Crippen LogP contribution in [0.5, 0.6) is 0 Å². The molecule has 0 radical (unpaired) electrons. The molecule has 0 spiro atoms. The highest BCUT2D eigenvalue weighted by Crippen LogP contribution is 2.42. The summed E-state index contributed by atoms with van der Waals surface area (Å²) in [5, 5.41) is 0. The average Bonchev–Trinajstić information content (AvgIpc) is 3.13. The normalized spacial score (nSPS) is 20.3. The molecule has 2 aromatic rings. The van der Waals surface area contributed by atoms with Crippen molar-refractivity contribution >= 4 is 33.9 Å². The minimum Gasteiger partial charge on any atom is -0.349 e. The lowest BCUT2D eigenvalue weighted by atomic mass is 9.82. The minimum atomic E-state index is -3.47. The van der Waals surface area contributed by atoms with Crippen molar-refractivity contribution in [2.24, 2.45) is 5.92 Å². The maximum absolute atomic E-state index is 13.1. The van der Waals surface area contributed by atoms with E-state index in [-0.39, 0.29) is 0 Å². The number of fused-ring (bicyclic) bond motifs is 1. The van der Waals surface area contributed by atoms with Gasteiger partial charge < -0.3 is 9.69 Å². The van der Waals surface area contributed by atoms with E-state index in [0.717, 1.165) is 42.1 Å². The summed E-state index contributed by atoms with van der Waals surface area (Å²) in [7, 11) is -3.47. The van der Waals surface area contributed by atoms with Crippen LogP contribution in [0.4, 0.5) is 5.82 Å². The lowest BCUT2D eigenvalue weighted by molar-refractivity contribution is -0.106. The van der Waals surface area contributed by atoms with E-state index >= 15 is 0 Å². The number of hydrogen-bond acceptors (Lipinski definition) is 6. The molecule has 1 atom stereocenters. The molecule has 8 heteroatoms. The van der Waals surface area contributed by atoms with Crippen LogP contribution in [0.1, 0.15) is 31.2 Å². The molecule has 0 N–H and O–H groups in total. The molecule has 1 unspecified atom stereocenters. The zero-order valence-corrected chi connectivity index (χ0v) is 18.7. The number of hydrogen-bond donors (Lipinski definition) is 0. The van der Waals surface area contributed by atoms with Gasteiger partial charge in [-0.15, -0.1) is 11.8 Å². The fourth-order valence-electron chi connectivity index (χ4n) is 4.58. The number of piperidine rings is 1. The molecule has 2 aliphatic rings. The van der Waals surface area contributed by atoms with Gasteiger partial charge in [-0.1, -0.05) is 13.0 Å². The Balaban J connectivity index is 1.44. The zero-order valence-electron chi connectivity index (χ0n) is 17.1. The molecule has 6 nitrogen and oxygen atoms in total. The second kappa shape index (κ2) is 9.08. The lowest BCUT2D eigenvalue weighted by Crippen LogP contribution is -2.40. The van der Waals surface area contributed by atoms with Gasteiger partial charge in [-0.2, -0.15) is 4.31 Å². The Hall–Kier alpha value is -1.90. The van der Waals surface area contributed by atoms with E-state index in [9.17, 15) is 13.2 Å². The first-order valence-electron chi connectivity index (χ1n) is 10.4. The summed E-state index contributed by atoms with van der Waals surface area (Å²) < 4.78 is 27.8. The van der Waals surface area contributed by atoms with Crippen molar-refractivity contribution in [2.45, 2.75) is 35.5 Å². The fourth-order valence-corrected chi connectivity index (χ4v) is 6.71. The van der Waals surface area contributed by atoms with Gasteiger partial charge in [0.25, 0.3) is 0 Å². The molecule has 3 heterocycles. The number of carbonyl (C=O) groups excluding carboxylic acids is 1. The Morgan fingerprint density at radius 3 is 2.57 bits per heavy atom. The largest absolute Gasteiger partial charge is 0.349 e. The summed E-state index contributed by atoms with van der Waals surface area (Å²) in [6.07, 6.45) is 4.31. The summed E-state index contributed by atoms with van der Waals surface area (Å²) >= 11 is 1.70. The van der Waals surface area contributed by atoms with Crippen molar-refractivity contribution in [1.82, 2.24) is 9.29 Å². The molecule has 1 aromatic carbocycles. The van der Waals surface area contributed by atoms with E-state index in [2.05, 4.69) is 18.0 Å². The maximum atomic E-state index is 13.1. The number of pyridine rings is 1. The van der Waals surface area contributed by atoms with E-state index in [1.54, 1.807) is 34.4 Å². The summed E-state index contributed by atoms with van der Waals surface area (Å²) in [5.41, 5.74) is 1.18. The predicted octanol–water partition coefficient (Wildman–Crippen LogP) is 3.40. The van der Waals surface area contributed by atoms with Gasteiger partial charge in [0.05, 0.1) is 11.4 Å². The Bertz CT molecular complexity index is 987. The van der Waals surface area contributed by atoms with Gasteiger partial charge in [-0.25, -0.2) is 13.4 Å². The molecule has 1 saturated heterocycles. The van der Waals surface area contributed by atoms with E-state index in [0.29, 0.717) is 36.4 Å². The van der Waals surface area contributed by atoms with Crippen molar-refractivity contribution in [3.63, 3.8) is 0 Å². The van der Waals surface area contributed by atoms with Gasteiger partial charge in [-0.05, 0) is 60.4 Å². The highest BCUT2D eigenvalue weighted by Gasteiger charge is 2.38. The highest BCUT2D eigenvalue weighted by molar-refractivity contribution is 7.99. The van der Waals surface area contributed by atoms with Crippen LogP contribution in [-0.2, 0) is 14.8 Å². The molecular weight excluding hydrogens is 418 g/mol. The van der Waals surface area contributed by atoms with E-state index < -0.39 is 10.0 Å². The van der Waals surface area contributed by atoms with E-state index in [1.807, 2.05) is 23.1 Å². The molecule has 0 saturated carbocycles. The average molecular weight is 446 g/mol. The van der Waals surface area contributed by atoms with Crippen molar-refractivity contribution in [2.75, 3.05) is 36.8 Å². The molecule has 4 rings (SSSR count). The number of thioether (sulfide) groups is 1. The molecule has 160 valence electrons. The third kappa shape index (κ3) is 4.13. The smallest absolute Gasteiger partial charge is 0.243 e. The number of anilines is 1. The second-order valence-electron chi connectivity index (χ2n) is 7.74. The lowest BCUT2D eigenvalue weighted by Gasteiger charge is -2.34. The summed E-state index contributed by atoms with van der Waals surface area (Å²) in [6, 6.07) is 11.2. The van der Waals surface area contributed by atoms with Crippen LogP contribution in [0.25, 0.3) is 0 Å². The van der Waals surface area contributed by atoms with Crippen molar-refractivity contribution in [3.8, 4) is 0 Å². The Labute approximate surface area is 182 Å². The minimum absolute atomic E-state index is 0.295. The van der Waals surface area contributed by atoms with Crippen LogP contribution >= 0.6 is 11.8 Å². The molecule has 0 amide bonds. The van der Waals surface area contributed by atoms with Crippen molar-refractivity contribution < 1.29 is 13.2 Å². The van der Waals surface area contributed by atoms with Gasteiger partial charge in [0, 0.05) is 36.6 Å². The quantitative estimate of drug-likeness (QED) is 0.481. The predicted molar refractivity (Wildman–Crippen MR) is 120 cm³/mol. The molecule has 30 heavy (non-hydrogen) atoms. The van der Waals surface area contributed by atoms with Crippen LogP contribution in [0.2, 0.25) is 0 Å². The molecule has 1 fully saturated rings. The molecule has 1 aromatic heterocycles. The Morgan fingerprint density at radius 2 is 1.90 bits per heavy atom. The number of aromatic nitrogens is 1. The number of aldehydes is 1. The molecular formula is C22H27N3O3S2. The first-order chi connectivity index (χ1) is 14.5. The fraction of sp³-hybridized carbons (Fsp3) is 0.455. The number of rotatable bonds is 7. The van der Waals surface area contributed by atoms with Crippen LogP contribution in [-0.4, -0.2) is 55.9 Å². The van der Waals surface area contributed by atoms with Gasteiger partial charge >= 0.3 is 0 Å². The molecule has 0 bridgehead atoms. The number of nitrogens with zero attached hydrogens (tertiary/aromatic N) is 3. The van der Waals surface area contributed by atoms with E-state index in [4.69, 9.17) is 0 Å². The second-order valence-corrected chi connectivity index (χ2v) is 11.0. The van der Waals surface area contributed by atoms with Gasteiger partial charge in [0.2, 0.25) is 10.0 Å². The SMILES string of the molecule is CCSc1ccc(S(=O)(=O)N2CCC(C3CN(CC=O)c4ncccc43)CC2)cc1. The van der Waals surface area contributed by atoms with Gasteiger partial charge in [0.15, 0.2) is 0 Å². The Kier molecular flexibility index (Phi) is 6.46. The zero-order chi connectivity index (χ0) is 21.1. The maximum Gasteiger partial charge on any atom is 0.243 e. The third-order valence-electron chi connectivity index (χ3n) is 6.07. The monoisotopic (exact) mass is 445 g/mol. The third-order valence-corrected chi connectivity index (χ3v) is 8.88. The number of sulfonamides is 1. The first kappa shape index (κ1) is 21.3. The number of benzene rings is 1. The van der Waals surface area contributed by atoms with Crippen LogP contribution in [0, 0.1) is 5.92 Å². The van der Waals surface area contributed by atoms with Gasteiger partial charge in [0.1, 0.15) is 12.1 Å². The Morgan fingerprint density at radius 1 is 1.17 bits per heavy atom. The topological polar surface area (TPSA) is 70.6 Å². The molecule has 0 aliphatic carbocycles. The standard InChI is InChI=1S/C22H27N3O3S2/c1-2-29-18-5-7-19(8-6-18)30(27,28)25-12-9-17(10-13-25)21-16-24(14-15-26)22-20(21)4-3-11-23-22/h3-8,11,15,17,21H,2,9-10,12-14,16H2,1H3. The van der Waals surface area contributed by atoms with Crippen molar-refractivity contribution in [3.05, 3.63) is 48.2 Å². The van der Waals surface area contributed by atoms with Crippen LogP contribution in [0.15, 0.2) is 52.4 Å². The summed E-state index contributed by atoms with van der Waals surface area (Å²) in [4.78, 5) is 19.0.